The van der Waals surface area contributed by atoms with Crippen LogP contribution in [0.2, 0.25) is 0 Å². The van der Waals surface area contributed by atoms with E-state index in [4.69, 9.17) is 16.2 Å². The molecule has 0 aliphatic carbocycles. The number of carbonyl (C=O) groups is 1. The number of nitrogens with two attached hydrogens (primary N) is 1. The van der Waals surface area contributed by atoms with Gasteiger partial charge in [0.25, 0.3) is 0 Å². The second kappa shape index (κ2) is 6.89. The molecule has 0 amide bonds. The first-order valence-electron chi connectivity index (χ1n) is 4.67. The average Bonchev–Trinajstić information content (AvgIpc) is 2.21. The minimum absolute atomic E-state index is 0.229. The van der Waals surface area contributed by atoms with Gasteiger partial charge in [-0.05, 0) is 13.3 Å². The molecule has 0 aliphatic heterocycles. The van der Waals surface area contributed by atoms with Crippen molar-refractivity contribution in [3.63, 3.8) is 0 Å². The Labute approximate surface area is 91.8 Å². The van der Waals surface area contributed by atoms with Crippen LogP contribution in [0.25, 0.3) is 0 Å². The summed E-state index contributed by atoms with van der Waals surface area (Å²) in [5.41, 5.74) is 4.89. The van der Waals surface area contributed by atoms with Crippen molar-refractivity contribution in [3.05, 3.63) is 11.7 Å². The normalized spacial score (nSPS) is 14.0. The van der Waals surface area contributed by atoms with Crippen LogP contribution in [0.5, 0.6) is 0 Å². The van der Waals surface area contributed by atoms with Gasteiger partial charge in [0, 0.05) is 13.0 Å². The molecule has 0 fully saturated rings. The predicted octanol–water partition coefficient (Wildman–Crippen LogP) is 0.916. The van der Waals surface area contributed by atoms with Crippen LogP contribution >= 0.6 is 0 Å². The summed E-state index contributed by atoms with van der Waals surface area (Å²) < 4.78 is 26.0. The van der Waals surface area contributed by atoms with Crippen LogP contribution in [-0.2, 0) is 4.79 Å². The van der Waals surface area contributed by atoms with Gasteiger partial charge in [0.15, 0.2) is 11.9 Å². The van der Waals surface area contributed by atoms with Crippen molar-refractivity contribution in [2.75, 3.05) is 6.54 Å². The van der Waals surface area contributed by atoms with Crippen LogP contribution in [0, 0.1) is 5.41 Å². The Balaban J connectivity index is 4.11. The van der Waals surface area contributed by atoms with Gasteiger partial charge in [-0.15, -0.1) is 0 Å². The highest BCUT2D eigenvalue weighted by atomic mass is 19.2. The van der Waals surface area contributed by atoms with Crippen LogP contribution in [0.1, 0.15) is 19.8 Å². The average molecular weight is 235 g/mol. The van der Waals surface area contributed by atoms with Gasteiger partial charge in [-0.1, -0.05) is 0 Å². The van der Waals surface area contributed by atoms with E-state index in [2.05, 4.69) is 5.32 Å². The summed E-state index contributed by atoms with van der Waals surface area (Å²) >= 11 is 0. The van der Waals surface area contributed by atoms with Gasteiger partial charge in [-0.25, -0.2) is 8.78 Å². The molecule has 1 unspecified atom stereocenters. The van der Waals surface area contributed by atoms with Crippen molar-refractivity contribution >= 4 is 11.8 Å². The molecule has 0 saturated carbocycles. The molecule has 0 rings (SSSR count). The molecule has 0 radical (unpaired) electrons. The second-order valence-electron chi connectivity index (χ2n) is 3.22. The monoisotopic (exact) mass is 235 g/mol. The van der Waals surface area contributed by atoms with Crippen LogP contribution in [-0.4, -0.2) is 29.5 Å². The van der Waals surface area contributed by atoms with E-state index < -0.39 is 23.7 Å². The Kier molecular flexibility index (Phi) is 6.24. The van der Waals surface area contributed by atoms with E-state index in [0.717, 1.165) is 0 Å². The molecule has 0 heterocycles. The van der Waals surface area contributed by atoms with Gasteiger partial charge in [-0.2, -0.15) is 0 Å². The number of hydrogen-bond donors (Lipinski definition) is 4. The summed E-state index contributed by atoms with van der Waals surface area (Å²) in [5.74, 6) is -3.98. The van der Waals surface area contributed by atoms with Crippen LogP contribution in [0.4, 0.5) is 8.78 Å². The zero-order valence-electron chi connectivity index (χ0n) is 8.89. The van der Waals surface area contributed by atoms with Gasteiger partial charge in [-0.3, -0.25) is 10.2 Å². The predicted molar refractivity (Wildman–Crippen MR) is 55.5 cm³/mol. The molecule has 0 aromatic carbocycles. The molecule has 0 aliphatic rings. The van der Waals surface area contributed by atoms with Crippen molar-refractivity contribution < 1.29 is 18.7 Å². The van der Waals surface area contributed by atoms with E-state index in [1.54, 1.807) is 0 Å². The maximum Gasteiger partial charge on any atom is 0.327 e. The number of halogens is 2. The smallest absolute Gasteiger partial charge is 0.327 e. The molecule has 16 heavy (non-hydrogen) atoms. The first kappa shape index (κ1) is 14.5. The van der Waals surface area contributed by atoms with Crippen molar-refractivity contribution in [1.29, 1.82) is 5.41 Å². The van der Waals surface area contributed by atoms with Gasteiger partial charge in [0.05, 0.1) is 5.84 Å². The summed E-state index contributed by atoms with van der Waals surface area (Å²) in [7, 11) is 0. The summed E-state index contributed by atoms with van der Waals surface area (Å²) in [6.07, 6.45) is 0.00884. The van der Waals surface area contributed by atoms with Crippen molar-refractivity contribution in [3.8, 4) is 0 Å². The Bertz CT molecular complexity index is 305. The van der Waals surface area contributed by atoms with E-state index in [-0.39, 0.29) is 18.7 Å². The number of aliphatic carboxylic acids is 1. The Morgan fingerprint density at radius 3 is 2.56 bits per heavy atom. The molecular formula is C9H15F2N3O2. The molecule has 1 atom stereocenters. The van der Waals surface area contributed by atoms with Crippen molar-refractivity contribution in [2.45, 2.75) is 25.8 Å². The highest BCUT2D eigenvalue weighted by Gasteiger charge is 2.21. The van der Waals surface area contributed by atoms with Crippen LogP contribution in [0.15, 0.2) is 11.7 Å². The van der Waals surface area contributed by atoms with E-state index >= 15 is 0 Å². The number of hydrogen-bond acceptors (Lipinski definition) is 3. The van der Waals surface area contributed by atoms with E-state index in [9.17, 15) is 13.6 Å². The summed E-state index contributed by atoms with van der Waals surface area (Å²) in [5, 5.41) is 18.0. The standard InChI is InChI=1S/C9H15F2N3O2/c1-5(12)14-4-2-3-6(10)7(11)8(13)9(15)16/h8H,2-4,13H2,1H3,(H2,12,14)(H,15,16)/b7-6-. The molecule has 0 saturated heterocycles. The first-order chi connectivity index (χ1) is 7.36. The van der Waals surface area contributed by atoms with Crippen LogP contribution < -0.4 is 11.1 Å². The fraction of sp³-hybridized carbons (Fsp3) is 0.556. The highest BCUT2D eigenvalue weighted by molar-refractivity contribution is 5.76. The van der Waals surface area contributed by atoms with Crippen LogP contribution in [0.3, 0.4) is 0 Å². The van der Waals surface area contributed by atoms with E-state index in [1.165, 1.54) is 6.92 Å². The number of allylic oxidation sites excluding steroid dienone is 1. The number of carboxylic acids is 1. The zero-order chi connectivity index (χ0) is 12.7. The lowest BCUT2D eigenvalue weighted by Crippen LogP contribution is -2.31. The first-order valence-corrected chi connectivity index (χ1v) is 4.67. The van der Waals surface area contributed by atoms with Gasteiger partial charge < -0.3 is 16.2 Å². The quantitative estimate of drug-likeness (QED) is 0.312. The van der Waals surface area contributed by atoms with Gasteiger partial charge in [0.1, 0.15) is 5.83 Å². The summed E-state index contributed by atoms with van der Waals surface area (Å²) in [4.78, 5) is 10.3. The lowest BCUT2D eigenvalue weighted by atomic mass is 10.2. The Morgan fingerprint density at radius 1 is 1.56 bits per heavy atom. The fourth-order valence-corrected chi connectivity index (χ4v) is 0.916. The molecule has 0 aromatic heterocycles. The molecule has 5 N–H and O–H groups in total. The lowest BCUT2D eigenvalue weighted by molar-refractivity contribution is -0.138. The number of rotatable bonds is 6. The third kappa shape index (κ3) is 5.40. The third-order valence-corrected chi connectivity index (χ3v) is 1.76. The van der Waals surface area contributed by atoms with Gasteiger partial charge >= 0.3 is 5.97 Å². The molecule has 5 nitrogen and oxygen atoms in total. The summed E-state index contributed by atoms with van der Waals surface area (Å²) in [6.45, 7) is 1.84. The lowest BCUT2D eigenvalue weighted by Gasteiger charge is -2.06. The van der Waals surface area contributed by atoms with E-state index in [0.29, 0.717) is 6.54 Å². The number of nitrogens with one attached hydrogen (secondary N) is 2. The molecule has 0 spiro atoms. The third-order valence-electron chi connectivity index (χ3n) is 1.76. The summed E-state index contributed by atoms with van der Waals surface area (Å²) in [6, 6.07) is -1.95. The Morgan fingerprint density at radius 2 is 2.12 bits per heavy atom. The molecule has 92 valence electrons. The topological polar surface area (TPSA) is 99.2 Å². The SMILES string of the molecule is CC(=N)NCCC/C(F)=C(/F)C(N)C(=O)O. The molecule has 0 aromatic rings. The van der Waals surface area contributed by atoms with E-state index in [1.807, 2.05) is 0 Å². The Hall–Kier alpha value is -1.50. The minimum Gasteiger partial charge on any atom is -0.480 e. The highest BCUT2D eigenvalue weighted by Crippen LogP contribution is 2.16. The van der Waals surface area contributed by atoms with Crippen molar-refractivity contribution in [1.82, 2.24) is 5.32 Å². The fourth-order valence-electron chi connectivity index (χ4n) is 0.916. The molecule has 0 bridgehead atoms. The minimum atomic E-state index is -1.95. The second-order valence-corrected chi connectivity index (χ2v) is 3.22. The molecule has 7 heteroatoms. The zero-order valence-corrected chi connectivity index (χ0v) is 8.89. The maximum atomic E-state index is 13.0. The largest absolute Gasteiger partial charge is 0.480 e. The van der Waals surface area contributed by atoms with Crippen molar-refractivity contribution in [2.24, 2.45) is 5.73 Å². The number of amidine groups is 1. The maximum absolute atomic E-state index is 13.0. The molecular weight excluding hydrogens is 220 g/mol. The van der Waals surface area contributed by atoms with Gasteiger partial charge in [0.2, 0.25) is 0 Å². The number of carboxylic acid groups (broad SMARTS) is 1.